The average Bonchev–Trinajstić information content (AvgIpc) is 2.66. The largest absolute Gasteiger partial charge is 0.466 e. The maximum absolute atomic E-state index is 13.5. The lowest BCUT2D eigenvalue weighted by atomic mass is 10.1. The number of esters is 1. The van der Waals surface area contributed by atoms with Crippen LogP contribution in [0.25, 0.3) is 0 Å². The van der Waals surface area contributed by atoms with Crippen molar-refractivity contribution in [1.29, 1.82) is 0 Å². The summed E-state index contributed by atoms with van der Waals surface area (Å²) >= 11 is 0. The second kappa shape index (κ2) is 6.90. The molecule has 0 N–H and O–H groups in total. The number of hydrogen-bond acceptors (Lipinski definition) is 4. The van der Waals surface area contributed by atoms with E-state index in [0.717, 1.165) is 0 Å². The molecule has 0 bridgehead atoms. The minimum atomic E-state index is -1.06. The summed E-state index contributed by atoms with van der Waals surface area (Å²) in [5, 5.41) is 0. The Morgan fingerprint density at radius 3 is 2.55 bits per heavy atom. The maximum atomic E-state index is 13.5. The van der Waals surface area contributed by atoms with E-state index < -0.39 is 17.9 Å². The molecule has 0 saturated carbocycles. The third kappa shape index (κ3) is 5.35. The number of rotatable bonds is 4. The molecule has 0 aromatic carbocycles. The molecule has 2 atom stereocenters. The number of amides is 1. The van der Waals surface area contributed by atoms with Crippen molar-refractivity contribution < 1.29 is 23.5 Å². The lowest BCUT2D eigenvalue weighted by molar-refractivity contribution is -0.143. The molecule has 0 radical (unpaired) electrons. The Morgan fingerprint density at radius 2 is 2.00 bits per heavy atom. The monoisotopic (exact) mass is 289 g/mol. The molecule has 0 aromatic heterocycles. The number of carbonyl (C=O) groups excluding carboxylic acids is 2. The zero-order valence-corrected chi connectivity index (χ0v) is 12.6. The van der Waals surface area contributed by atoms with Gasteiger partial charge in [0.15, 0.2) is 0 Å². The van der Waals surface area contributed by atoms with Crippen LogP contribution in [0, 0.1) is 0 Å². The number of ether oxygens (including phenoxy) is 2. The second-order valence-electron chi connectivity index (χ2n) is 5.96. The molecule has 1 aliphatic heterocycles. The highest BCUT2D eigenvalue weighted by molar-refractivity contribution is 5.70. The van der Waals surface area contributed by atoms with Crippen LogP contribution in [0.3, 0.4) is 0 Å². The molecule has 1 rings (SSSR count). The van der Waals surface area contributed by atoms with Crippen LogP contribution in [0.4, 0.5) is 9.18 Å². The Morgan fingerprint density at radius 1 is 1.35 bits per heavy atom. The van der Waals surface area contributed by atoms with E-state index >= 15 is 0 Å². The summed E-state index contributed by atoms with van der Waals surface area (Å²) in [5.41, 5.74) is -0.614. The highest BCUT2D eigenvalue weighted by atomic mass is 19.1. The van der Waals surface area contributed by atoms with Crippen LogP contribution in [-0.4, -0.2) is 47.9 Å². The fourth-order valence-corrected chi connectivity index (χ4v) is 2.19. The predicted molar refractivity (Wildman–Crippen MR) is 72.1 cm³/mol. The molecule has 0 aromatic rings. The normalized spacial score (nSPS) is 22.8. The standard InChI is InChI=1S/C14H24FNO4/c1-5-19-12(17)7-6-11-8-10(15)9-16(11)13(18)20-14(2,3)4/h10-11H,5-9H2,1-4H3/t10-,11-/m1/s1. The molecule has 116 valence electrons. The number of carbonyl (C=O) groups is 2. The van der Waals surface area contributed by atoms with E-state index in [0.29, 0.717) is 13.0 Å². The third-order valence-corrected chi connectivity index (χ3v) is 2.98. The molecule has 0 aliphatic carbocycles. The van der Waals surface area contributed by atoms with Crippen molar-refractivity contribution in [2.75, 3.05) is 13.2 Å². The average molecular weight is 289 g/mol. The van der Waals surface area contributed by atoms with Crippen molar-refractivity contribution in [3.05, 3.63) is 0 Å². The van der Waals surface area contributed by atoms with Crippen LogP contribution in [0.1, 0.15) is 47.0 Å². The summed E-state index contributed by atoms with van der Waals surface area (Å²) in [7, 11) is 0. The quantitative estimate of drug-likeness (QED) is 0.747. The minimum absolute atomic E-state index is 0.0302. The summed E-state index contributed by atoms with van der Waals surface area (Å²) in [5.74, 6) is -0.320. The summed E-state index contributed by atoms with van der Waals surface area (Å²) in [6.45, 7) is 7.38. The highest BCUT2D eigenvalue weighted by Crippen LogP contribution is 2.26. The molecule has 1 fully saturated rings. The first-order valence-corrected chi connectivity index (χ1v) is 7.02. The van der Waals surface area contributed by atoms with Crippen molar-refractivity contribution in [3.63, 3.8) is 0 Å². The fourth-order valence-electron chi connectivity index (χ4n) is 2.19. The molecular formula is C14H24FNO4. The van der Waals surface area contributed by atoms with Crippen LogP contribution in [-0.2, 0) is 14.3 Å². The molecule has 1 saturated heterocycles. The third-order valence-electron chi connectivity index (χ3n) is 2.98. The Bertz CT molecular complexity index is 354. The molecule has 6 heteroatoms. The van der Waals surface area contributed by atoms with Crippen molar-refractivity contribution >= 4 is 12.1 Å². The summed E-state index contributed by atoms with van der Waals surface area (Å²) in [6.07, 6.45) is -0.747. The number of likely N-dealkylation sites (tertiary alicyclic amines) is 1. The van der Waals surface area contributed by atoms with Gasteiger partial charge >= 0.3 is 12.1 Å². The lowest BCUT2D eigenvalue weighted by Crippen LogP contribution is -2.40. The van der Waals surface area contributed by atoms with Crippen LogP contribution < -0.4 is 0 Å². The van der Waals surface area contributed by atoms with Gasteiger partial charge in [0.2, 0.25) is 0 Å². The van der Waals surface area contributed by atoms with E-state index in [1.54, 1.807) is 27.7 Å². The first-order chi connectivity index (χ1) is 9.23. The van der Waals surface area contributed by atoms with Gasteiger partial charge in [0.25, 0.3) is 0 Å². The number of halogens is 1. The van der Waals surface area contributed by atoms with E-state index in [1.807, 2.05) is 0 Å². The zero-order valence-electron chi connectivity index (χ0n) is 12.6. The highest BCUT2D eigenvalue weighted by Gasteiger charge is 2.37. The molecule has 0 spiro atoms. The number of alkyl halides is 1. The molecular weight excluding hydrogens is 265 g/mol. The van der Waals surface area contributed by atoms with Crippen molar-refractivity contribution in [1.82, 2.24) is 4.90 Å². The van der Waals surface area contributed by atoms with Crippen LogP contribution >= 0.6 is 0 Å². The van der Waals surface area contributed by atoms with Gasteiger partial charge < -0.3 is 14.4 Å². The minimum Gasteiger partial charge on any atom is -0.466 e. The van der Waals surface area contributed by atoms with Crippen LogP contribution in [0.15, 0.2) is 0 Å². The van der Waals surface area contributed by atoms with Gasteiger partial charge in [0.1, 0.15) is 11.8 Å². The molecule has 5 nitrogen and oxygen atoms in total. The Kier molecular flexibility index (Phi) is 5.77. The van der Waals surface area contributed by atoms with Gasteiger partial charge in [-0.25, -0.2) is 9.18 Å². The second-order valence-corrected chi connectivity index (χ2v) is 5.96. The molecule has 0 unspecified atom stereocenters. The molecule has 1 aliphatic rings. The van der Waals surface area contributed by atoms with Crippen molar-refractivity contribution in [2.45, 2.75) is 64.8 Å². The SMILES string of the molecule is CCOC(=O)CC[C@@H]1C[C@@H](F)CN1C(=O)OC(C)(C)C. The van der Waals surface area contributed by atoms with Gasteiger partial charge in [-0.05, 0) is 34.1 Å². The van der Waals surface area contributed by atoms with Gasteiger partial charge in [-0.2, -0.15) is 0 Å². The topological polar surface area (TPSA) is 55.8 Å². The maximum Gasteiger partial charge on any atom is 0.410 e. The van der Waals surface area contributed by atoms with E-state index in [2.05, 4.69) is 0 Å². The van der Waals surface area contributed by atoms with Gasteiger partial charge in [-0.15, -0.1) is 0 Å². The molecule has 1 amide bonds. The predicted octanol–water partition coefficient (Wildman–Crippen LogP) is 2.68. The number of nitrogens with zero attached hydrogens (tertiary/aromatic N) is 1. The fraction of sp³-hybridized carbons (Fsp3) is 0.857. The van der Waals surface area contributed by atoms with Crippen LogP contribution in [0.5, 0.6) is 0 Å². The summed E-state index contributed by atoms with van der Waals surface area (Å²) in [6, 6.07) is -0.302. The first-order valence-electron chi connectivity index (χ1n) is 7.02. The van der Waals surface area contributed by atoms with Gasteiger partial charge in [-0.3, -0.25) is 4.79 Å². The van der Waals surface area contributed by atoms with Gasteiger partial charge in [0, 0.05) is 18.9 Å². The Hall–Kier alpha value is -1.33. The van der Waals surface area contributed by atoms with E-state index in [-0.39, 0.29) is 31.4 Å². The van der Waals surface area contributed by atoms with E-state index in [1.165, 1.54) is 4.90 Å². The molecule has 1 heterocycles. The Labute approximate surface area is 119 Å². The van der Waals surface area contributed by atoms with Crippen molar-refractivity contribution in [3.8, 4) is 0 Å². The number of hydrogen-bond donors (Lipinski definition) is 0. The van der Waals surface area contributed by atoms with E-state index in [9.17, 15) is 14.0 Å². The van der Waals surface area contributed by atoms with E-state index in [4.69, 9.17) is 9.47 Å². The van der Waals surface area contributed by atoms with Gasteiger partial charge in [0.05, 0.1) is 13.2 Å². The summed E-state index contributed by atoms with van der Waals surface area (Å²) in [4.78, 5) is 24.7. The summed E-state index contributed by atoms with van der Waals surface area (Å²) < 4.78 is 23.6. The van der Waals surface area contributed by atoms with Crippen LogP contribution in [0.2, 0.25) is 0 Å². The zero-order chi connectivity index (χ0) is 15.3. The first kappa shape index (κ1) is 16.7. The Balaban J connectivity index is 2.55. The van der Waals surface area contributed by atoms with Crippen molar-refractivity contribution in [2.24, 2.45) is 0 Å². The lowest BCUT2D eigenvalue weighted by Gasteiger charge is -2.28. The molecule has 20 heavy (non-hydrogen) atoms. The smallest absolute Gasteiger partial charge is 0.410 e. The van der Waals surface area contributed by atoms with Gasteiger partial charge in [-0.1, -0.05) is 0 Å².